The number of piperidine rings is 3. The minimum absolute atomic E-state index is 0.0649. The molecule has 4 rings (SSSR count). The Morgan fingerprint density at radius 1 is 1.00 bits per heavy atom. The van der Waals surface area contributed by atoms with Crippen molar-refractivity contribution in [3.05, 3.63) is 35.4 Å². The van der Waals surface area contributed by atoms with E-state index in [-0.39, 0.29) is 22.4 Å². The summed E-state index contributed by atoms with van der Waals surface area (Å²) < 4.78 is 5.54. The summed E-state index contributed by atoms with van der Waals surface area (Å²) in [6.45, 7) is 7.49. The molecule has 0 aliphatic carbocycles. The molecule has 0 saturated carbocycles. The fraction of sp³-hybridized carbons (Fsp3) is 0.654. The van der Waals surface area contributed by atoms with Crippen LogP contribution in [0.5, 0.6) is 0 Å². The van der Waals surface area contributed by atoms with Crippen LogP contribution in [0.1, 0.15) is 61.4 Å². The van der Waals surface area contributed by atoms with Gasteiger partial charge < -0.3 is 10.1 Å². The number of nitrogens with zero attached hydrogens (tertiary/aromatic N) is 2. The average Bonchev–Trinajstić information content (AvgIpc) is 2.89. The van der Waals surface area contributed by atoms with Crippen molar-refractivity contribution in [2.24, 2.45) is 17.8 Å². The van der Waals surface area contributed by atoms with Crippen molar-refractivity contribution < 1.29 is 23.7 Å². The summed E-state index contributed by atoms with van der Waals surface area (Å²) in [5, 5.41) is 5.83. The molecule has 3 saturated heterocycles. The molecule has 0 aromatic heterocycles. The number of likely N-dealkylation sites (tertiary alicyclic amines) is 1. The lowest BCUT2D eigenvalue weighted by atomic mass is 9.79. The van der Waals surface area contributed by atoms with E-state index in [0.717, 1.165) is 50.9 Å². The normalized spacial score (nSPS) is 27.7. The number of esters is 1. The third-order valence-corrected chi connectivity index (χ3v) is 8.05. The minimum Gasteiger partial charge on any atom is -0.466 e. The number of ether oxygens (including phenoxy) is 1. The second kappa shape index (κ2) is 10.9. The number of carbonyl (C=O) groups is 2. The topological polar surface area (TPSA) is 75.7 Å². The maximum Gasteiger partial charge on any atom is 0.365 e. The lowest BCUT2D eigenvalue weighted by Crippen LogP contribution is -2.68. The third-order valence-electron chi connectivity index (χ3n) is 8.05. The maximum atomic E-state index is 13.9. The molecule has 179 valence electrons. The Morgan fingerprint density at radius 3 is 2.18 bits per heavy atom. The first kappa shape index (κ1) is 24.0. The summed E-state index contributed by atoms with van der Waals surface area (Å²) in [6.07, 6.45) is 7.94. The van der Waals surface area contributed by atoms with E-state index in [1.54, 1.807) is 24.3 Å². The highest BCUT2D eigenvalue weighted by Gasteiger charge is 2.49. The summed E-state index contributed by atoms with van der Waals surface area (Å²) in [7, 11) is 0. The zero-order valence-corrected chi connectivity index (χ0v) is 19.8. The van der Waals surface area contributed by atoms with Crippen molar-refractivity contribution in [2.75, 3.05) is 45.9 Å². The first-order valence-electron chi connectivity index (χ1n) is 12.6. The molecule has 1 amide bonds. The number of amides is 1. The summed E-state index contributed by atoms with van der Waals surface area (Å²) in [5.74, 6) is 1.31. The van der Waals surface area contributed by atoms with Gasteiger partial charge in [0.1, 0.15) is 13.1 Å². The van der Waals surface area contributed by atoms with Gasteiger partial charge in [-0.25, -0.2) is 4.79 Å². The minimum atomic E-state index is -0.141. The summed E-state index contributed by atoms with van der Waals surface area (Å²) in [6, 6.07) is 6.79. The van der Waals surface area contributed by atoms with Crippen LogP contribution < -0.4 is 5.32 Å². The van der Waals surface area contributed by atoms with Gasteiger partial charge >= 0.3 is 11.9 Å². The van der Waals surface area contributed by atoms with Crippen molar-refractivity contribution in [2.45, 2.75) is 45.4 Å². The second-order valence-electron chi connectivity index (χ2n) is 9.76. The van der Waals surface area contributed by atoms with E-state index in [1.807, 2.05) is 13.2 Å². The molecule has 33 heavy (non-hydrogen) atoms. The Hall–Kier alpha value is -2.09. The van der Waals surface area contributed by atoms with E-state index in [9.17, 15) is 14.4 Å². The molecule has 0 bridgehead atoms. The Bertz CT molecular complexity index is 818. The van der Waals surface area contributed by atoms with Crippen molar-refractivity contribution in [3.63, 3.8) is 0 Å². The van der Waals surface area contributed by atoms with Crippen molar-refractivity contribution in [1.82, 2.24) is 10.3 Å². The summed E-state index contributed by atoms with van der Waals surface area (Å²) in [4.78, 5) is 37.2. The van der Waals surface area contributed by atoms with E-state index in [4.69, 9.17) is 4.74 Å². The highest BCUT2D eigenvalue weighted by atomic mass is 16.5. The first-order chi connectivity index (χ1) is 16.1. The Kier molecular flexibility index (Phi) is 7.94. The molecule has 1 aromatic rings. The molecule has 7 heteroatoms. The number of nitrogens with one attached hydrogen (secondary N) is 1. The zero-order valence-electron chi connectivity index (χ0n) is 19.8. The highest BCUT2D eigenvalue weighted by molar-refractivity contribution is 5.90. The average molecular weight is 456 g/mol. The van der Waals surface area contributed by atoms with Gasteiger partial charge in [-0.3, -0.25) is 9.59 Å². The lowest BCUT2D eigenvalue weighted by molar-refractivity contribution is -0.971. The van der Waals surface area contributed by atoms with Gasteiger partial charge in [-0.1, -0.05) is 0 Å². The number of benzene rings is 1. The monoisotopic (exact) mass is 455 g/mol. The molecule has 3 aliphatic rings. The molecule has 0 unspecified atom stereocenters. The largest absolute Gasteiger partial charge is 0.466 e. The number of hydrogen-bond donors (Lipinski definition) is 1. The van der Waals surface area contributed by atoms with Crippen LogP contribution in [0, 0.1) is 17.8 Å². The number of rotatable bonds is 6. The van der Waals surface area contributed by atoms with E-state index >= 15 is 0 Å². The third kappa shape index (κ3) is 5.20. The van der Waals surface area contributed by atoms with Gasteiger partial charge in [-0.2, -0.15) is 4.59 Å². The lowest BCUT2D eigenvalue weighted by Gasteiger charge is -2.49. The van der Waals surface area contributed by atoms with Gasteiger partial charge in [0, 0.05) is 31.5 Å². The SMILES string of the molecule is CCOC(=O)C1CC[N+](C(=O)c2ccc([C]=O)cc2)(N2CCC(C3CCNCC3)CC2)CC1. The first-order valence-corrected chi connectivity index (χ1v) is 12.6. The van der Waals surface area contributed by atoms with Crippen LogP contribution in [-0.4, -0.2) is 73.6 Å². The molecule has 1 radical (unpaired) electrons. The smallest absolute Gasteiger partial charge is 0.365 e. The molecular weight excluding hydrogens is 418 g/mol. The number of quaternary nitrogens is 1. The number of carbonyl (C=O) groups excluding carboxylic acids is 3. The van der Waals surface area contributed by atoms with Crippen molar-refractivity contribution in [3.8, 4) is 0 Å². The zero-order chi connectivity index (χ0) is 23.3. The van der Waals surface area contributed by atoms with Gasteiger partial charge in [-0.15, -0.1) is 5.01 Å². The predicted molar refractivity (Wildman–Crippen MR) is 125 cm³/mol. The summed E-state index contributed by atoms with van der Waals surface area (Å²) in [5.41, 5.74) is 1.06. The predicted octanol–water partition coefficient (Wildman–Crippen LogP) is 2.70. The van der Waals surface area contributed by atoms with Crippen LogP contribution in [0.3, 0.4) is 0 Å². The van der Waals surface area contributed by atoms with E-state index in [1.165, 1.54) is 12.8 Å². The van der Waals surface area contributed by atoms with Crippen molar-refractivity contribution in [1.29, 1.82) is 0 Å². The van der Waals surface area contributed by atoms with E-state index < -0.39 is 0 Å². The number of hydrogen-bond acceptors (Lipinski definition) is 6. The Labute approximate surface area is 197 Å². The second-order valence-corrected chi connectivity index (χ2v) is 9.76. The van der Waals surface area contributed by atoms with Crippen molar-refractivity contribution >= 4 is 18.2 Å². The molecule has 3 fully saturated rings. The van der Waals surface area contributed by atoms with Crippen LogP contribution in [0.4, 0.5) is 0 Å². The van der Waals surface area contributed by atoms with Gasteiger partial charge in [0.05, 0.1) is 18.1 Å². The van der Waals surface area contributed by atoms with Gasteiger partial charge in [0.15, 0.2) is 0 Å². The van der Waals surface area contributed by atoms with Crippen LogP contribution in [-0.2, 0) is 14.3 Å². The Morgan fingerprint density at radius 2 is 1.61 bits per heavy atom. The molecule has 1 aromatic carbocycles. The van der Waals surface area contributed by atoms with Crippen LogP contribution in [0.15, 0.2) is 24.3 Å². The highest BCUT2D eigenvalue weighted by Crippen LogP contribution is 2.36. The van der Waals surface area contributed by atoms with Crippen LogP contribution in [0.25, 0.3) is 0 Å². The fourth-order valence-corrected chi connectivity index (χ4v) is 6.08. The van der Waals surface area contributed by atoms with E-state index in [2.05, 4.69) is 10.3 Å². The van der Waals surface area contributed by atoms with Gasteiger partial charge in [0.2, 0.25) is 6.29 Å². The molecule has 1 N–H and O–H groups in total. The molecule has 7 nitrogen and oxygen atoms in total. The van der Waals surface area contributed by atoms with Crippen LogP contribution in [0.2, 0.25) is 0 Å². The van der Waals surface area contributed by atoms with E-state index in [0.29, 0.717) is 43.7 Å². The molecule has 0 spiro atoms. The quantitative estimate of drug-likeness (QED) is 0.525. The Balaban J connectivity index is 1.51. The standard InChI is InChI=1S/C26H37N3O4/c1-2-33-26(32)24-11-17-29(18-12-24,25(31)23-5-3-20(19-30)4-6-23)28-15-9-22(10-16-28)21-7-13-27-14-8-21/h3-6,21-22,24,27H,2,7-18H2,1H3/q+1. The molecule has 3 aliphatic heterocycles. The molecule has 0 atom stereocenters. The molecular formula is C26H37N3O4+. The van der Waals surface area contributed by atoms with Gasteiger partial charge in [0.25, 0.3) is 0 Å². The summed E-state index contributed by atoms with van der Waals surface area (Å²) >= 11 is 0. The maximum absolute atomic E-state index is 13.9. The van der Waals surface area contributed by atoms with Crippen LogP contribution >= 0.6 is 0 Å². The fourth-order valence-electron chi connectivity index (χ4n) is 6.08. The van der Waals surface area contributed by atoms with Gasteiger partial charge in [-0.05, 0) is 81.8 Å². The molecule has 3 heterocycles.